The second-order valence-electron chi connectivity index (χ2n) is 7.86. The van der Waals surface area contributed by atoms with Gasteiger partial charge in [0.05, 0.1) is 12.1 Å². The van der Waals surface area contributed by atoms with E-state index in [1.807, 2.05) is 6.07 Å². The van der Waals surface area contributed by atoms with Crippen molar-refractivity contribution >= 4 is 5.91 Å². The largest absolute Gasteiger partial charge is 0.407 e. The van der Waals surface area contributed by atoms with Gasteiger partial charge in [0.2, 0.25) is 5.91 Å². The van der Waals surface area contributed by atoms with Gasteiger partial charge in [-0.1, -0.05) is 30.3 Å². The van der Waals surface area contributed by atoms with Crippen LogP contribution in [0.25, 0.3) is 0 Å². The first-order valence-electron chi connectivity index (χ1n) is 9.55. The van der Waals surface area contributed by atoms with Gasteiger partial charge in [-0.3, -0.25) is 10.1 Å². The molecule has 29 heavy (non-hydrogen) atoms. The summed E-state index contributed by atoms with van der Waals surface area (Å²) in [5.74, 6) is -4.65. The number of halogens is 5. The number of carbonyl (C=O) groups is 1. The van der Waals surface area contributed by atoms with E-state index in [2.05, 4.69) is 10.6 Å². The Labute approximate surface area is 165 Å². The minimum atomic E-state index is -4.73. The number of nitrogens with one attached hydrogen (secondary N) is 2. The van der Waals surface area contributed by atoms with Crippen LogP contribution in [-0.4, -0.2) is 29.6 Å². The molecule has 2 atom stereocenters. The lowest BCUT2D eigenvalue weighted by Gasteiger charge is -2.29. The van der Waals surface area contributed by atoms with Crippen molar-refractivity contribution in [3.05, 3.63) is 35.9 Å². The fraction of sp³-hybridized carbons (Fsp3) is 0.600. The Kier molecular flexibility index (Phi) is 5.86. The molecule has 0 radical (unpaired) electrons. The number of nitriles is 1. The van der Waals surface area contributed by atoms with E-state index >= 15 is 0 Å². The van der Waals surface area contributed by atoms with Crippen LogP contribution in [0, 0.1) is 17.2 Å². The Morgan fingerprint density at radius 1 is 1.17 bits per heavy atom. The molecule has 2 aliphatic carbocycles. The highest BCUT2D eigenvalue weighted by atomic mass is 19.4. The number of carbonyl (C=O) groups excluding carboxylic acids is 1. The lowest BCUT2D eigenvalue weighted by molar-refractivity contribution is -0.161. The molecule has 0 saturated heterocycles. The van der Waals surface area contributed by atoms with Gasteiger partial charge in [-0.2, -0.15) is 18.4 Å². The van der Waals surface area contributed by atoms with Crippen LogP contribution in [0.4, 0.5) is 22.0 Å². The smallest absolute Gasteiger partial charge is 0.336 e. The van der Waals surface area contributed by atoms with Gasteiger partial charge >= 0.3 is 6.18 Å². The van der Waals surface area contributed by atoms with Gasteiger partial charge in [0.25, 0.3) is 5.92 Å². The summed E-state index contributed by atoms with van der Waals surface area (Å²) >= 11 is 0. The van der Waals surface area contributed by atoms with E-state index < -0.39 is 54.4 Å². The van der Waals surface area contributed by atoms with Crippen LogP contribution in [0.1, 0.15) is 50.1 Å². The van der Waals surface area contributed by atoms with Crippen LogP contribution in [0.2, 0.25) is 0 Å². The number of nitrogens with zero attached hydrogens (tertiary/aromatic N) is 1. The normalized spacial score (nSPS) is 20.4. The summed E-state index contributed by atoms with van der Waals surface area (Å²) < 4.78 is 69.2. The SMILES string of the molecule is N#CC1(NC(=O)[C@H](CCC(F)(F)C2CC2)N[C@@H](c2ccccc2)C(F)(F)F)CC1. The summed E-state index contributed by atoms with van der Waals surface area (Å²) in [5.41, 5.74) is -1.22. The van der Waals surface area contributed by atoms with Crippen molar-refractivity contribution in [1.29, 1.82) is 5.26 Å². The molecular weight excluding hydrogens is 393 g/mol. The summed E-state index contributed by atoms with van der Waals surface area (Å²) in [7, 11) is 0. The van der Waals surface area contributed by atoms with Crippen molar-refractivity contribution in [1.82, 2.24) is 10.6 Å². The van der Waals surface area contributed by atoms with Crippen molar-refractivity contribution in [2.45, 2.75) is 68.2 Å². The maximum absolute atomic E-state index is 14.1. The van der Waals surface area contributed by atoms with Gasteiger partial charge in [-0.15, -0.1) is 0 Å². The van der Waals surface area contributed by atoms with Crippen LogP contribution in [-0.2, 0) is 4.79 Å². The molecule has 0 spiro atoms. The number of alkyl halides is 5. The predicted molar refractivity (Wildman–Crippen MR) is 94.8 cm³/mol. The topological polar surface area (TPSA) is 64.9 Å². The summed E-state index contributed by atoms with van der Waals surface area (Å²) in [4.78, 5) is 12.6. The summed E-state index contributed by atoms with van der Waals surface area (Å²) in [6, 6.07) is 5.17. The van der Waals surface area contributed by atoms with Gasteiger partial charge < -0.3 is 5.32 Å². The molecule has 158 valence electrons. The lowest BCUT2D eigenvalue weighted by Crippen LogP contribution is -2.52. The first-order valence-corrected chi connectivity index (χ1v) is 9.55. The molecule has 2 aliphatic rings. The quantitative estimate of drug-likeness (QED) is 0.593. The number of rotatable bonds is 9. The lowest BCUT2D eigenvalue weighted by atomic mass is 10.00. The number of hydrogen-bond donors (Lipinski definition) is 2. The Morgan fingerprint density at radius 2 is 1.79 bits per heavy atom. The third-order valence-corrected chi connectivity index (χ3v) is 5.41. The molecular formula is C20H22F5N3O. The van der Waals surface area contributed by atoms with E-state index in [0.717, 1.165) is 0 Å². The second kappa shape index (κ2) is 7.90. The first kappa shape index (κ1) is 21.5. The van der Waals surface area contributed by atoms with E-state index in [0.29, 0.717) is 25.7 Å². The molecule has 2 fully saturated rings. The Balaban J connectivity index is 1.78. The maximum Gasteiger partial charge on any atom is 0.407 e. The number of amides is 1. The van der Waals surface area contributed by atoms with Crippen LogP contribution < -0.4 is 10.6 Å². The highest BCUT2D eigenvalue weighted by molar-refractivity contribution is 5.83. The molecule has 0 bridgehead atoms. The number of hydrogen-bond acceptors (Lipinski definition) is 3. The average molecular weight is 415 g/mol. The molecule has 0 unspecified atom stereocenters. The highest BCUT2D eigenvalue weighted by Gasteiger charge is 2.50. The molecule has 1 aromatic carbocycles. The zero-order valence-electron chi connectivity index (χ0n) is 15.6. The molecule has 2 saturated carbocycles. The second-order valence-corrected chi connectivity index (χ2v) is 7.86. The molecule has 2 N–H and O–H groups in total. The van der Waals surface area contributed by atoms with Crippen LogP contribution in [0.5, 0.6) is 0 Å². The van der Waals surface area contributed by atoms with E-state index in [1.165, 1.54) is 24.3 Å². The Bertz CT molecular complexity index is 767. The summed E-state index contributed by atoms with van der Waals surface area (Å²) in [6.45, 7) is 0. The fourth-order valence-electron chi connectivity index (χ4n) is 3.28. The molecule has 0 heterocycles. The Morgan fingerprint density at radius 3 is 2.28 bits per heavy atom. The summed E-state index contributed by atoms with van der Waals surface area (Å²) in [5, 5.41) is 13.8. The van der Waals surface area contributed by atoms with Crippen molar-refractivity contribution in [3.8, 4) is 6.07 Å². The van der Waals surface area contributed by atoms with Crippen LogP contribution in [0.3, 0.4) is 0 Å². The van der Waals surface area contributed by atoms with Gasteiger partial charge in [-0.25, -0.2) is 8.78 Å². The number of benzene rings is 1. The fourth-order valence-corrected chi connectivity index (χ4v) is 3.28. The molecule has 0 aromatic heterocycles. The van der Waals surface area contributed by atoms with E-state index in [4.69, 9.17) is 5.26 Å². The van der Waals surface area contributed by atoms with Crippen molar-refractivity contribution < 1.29 is 26.7 Å². The van der Waals surface area contributed by atoms with E-state index in [9.17, 15) is 26.7 Å². The monoisotopic (exact) mass is 415 g/mol. The molecule has 1 amide bonds. The van der Waals surface area contributed by atoms with Gasteiger partial charge in [0.15, 0.2) is 0 Å². The van der Waals surface area contributed by atoms with Gasteiger partial charge in [-0.05, 0) is 37.7 Å². The van der Waals surface area contributed by atoms with Crippen molar-refractivity contribution in [2.75, 3.05) is 0 Å². The van der Waals surface area contributed by atoms with Gasteiger partial charge in [0.1, 0.15) is 11.6 Å². The molecule has 3 rings (SSSR count). The molecule has 1 aromatic rings. The molecule has 4 nitrogen and oxygen atoms in total. The predicted octanol–water partition coefficient (Wildman–Crippen LogP) is 4.25. The van der Waals surface area contributed by atoms with Crippen LogP contribution in [0.15, 0.2) is 30.3 Å². The Hall–Kier alpha value is -2.21. The maximum atomic E-state index is 14.1. The zero-order valence-corrected chi connectivity index (χ0v) is 15.6. The highest BCUT2D eigenvalue weighted by Crippen LogP contribution is 2.46. The van der Waals surface area contributed by atoms with E-state index in [-0.39, 0.29) is 5.56 Å². The minimum absolute atomic E-state index is 0.117. The van der Waals surface area contributed by atoms with Crippen molar-refractivity contribution in [3.63, 3.8) is 0 Å². The molecule has 9 heteroatoms. The van der Waals surface area contributed by atoms with E-state index in [1.54, 1.807) is 6.07 Å². The van der Waals surface area contributed by atoms with Crippen LogP contribution >= 0.6 is 0 Å². The van der Waals surface area contributed by atoms with Gasteiger partial charge in [0, 0.05) is 12.3 Å². The van der Waals surface area contributed by atoms with Crippen molar-refractivity contribution in [2.24, 2.45) is 5.92 Å². The molecule has 0 aliphatic heterocycles. The first-order chi connectivity index (χ1) is 13.6. The summed E-state index contributed by atoms with van der Waals surface area (Å²) in [6.07, 6.45) is -4.35. The standard InChI is InChI=1S/C20H22F5N3O/c21-19(22,14-6-7-14)9-8-15(17(29)28-18(12-26)10-11-18)27-16(20(23,24)25)13-4-2-1-3-5-13/h1-5,14-16,27H,6-11H2,(H,28,29)/t15-,16-/m0/s1. The zero-order chi connectivity index (χ0) is 21.3. The minimum Gasteiger partial charge on any atom is -0.336 e. The average Bonchev–Trinajstić information content (AvgIpc) is 3.55. The third kappa shape index (κ3) is 5.44. The third-order valence-electron chi connectivity index (χ3n) is 5.41.